The van der Waals surface area contributed by atoms with Crippen molar-refractivity contribution in [1.29, 1.82) is 0 Å². The Bertz CT molecular complexity index is 442. The molecule has 0 aliphatic carbocycles. The highest BCUT2D eigenvalue weighted by Gasteiger charge is 2.24. The molecule has 0 bridgehead atoms. The van der Waals surface area contributed by atoms with Crippen LogP contribution >= 0.6 is 15.9 Å². The van der Waals surface area contributed by atoms with E-state index in [2.05, 4.69) is 27.8 Å². The van der Waals surface area contributed by atoms with E-state index in [0.29, 0.717) is 15.9 Å². The van der Waals surface area contributed by atoms with Gasteiger partial charge in [-0.25, -0.2) is 4.98 Å². The van der Waals surface area contributed by atoms with Crippen LogP contribution in [0.3, 0.4) is 0 Å². The zero-order valence-corrected chi connectivity index (χ0v) is 12.1. The number of nitrogens with two attached hydrogens (primary N) is 1. The highest BCUT2D eigenvalue weighted by atomic mass is 79.9. The molecule has 0 saturated carbocycles. The number of amides is 1. The second-order valence-corrected chi connectivity index (χ2v) is 5.59. The first-order valence-electron chi connectivity index (χ1n) is 6.32. The molecule has 0 unspecified atom stereocenters. The smallest absolute Gasteiger partial charge is 0.255 e. The minimum atomic E-state index is 0.0468. The van der Waals surface area contributed by atoms with Crippen LogP contribution in [0.25, 0.3) is 0 Å². The van der Waals surface area contributed by atoms with Crippen LogP contribution < -0.4 is 5.73 Å². The van der Waals surface area contributed by atoms with Crippen LogP contribution in [-0.2, 0) is 0 Å². The molecule has 1 fully saturated rings. The fourth-order valence-electron chi connectivity index (χ4n) is 2.33. The van der Waals surface area contributed by atoms with Crippen molar-refractivity contribution >= 4 is 27.7 Å². The van der Waals surface area contributed by atoms with E-state index in [1.807, 2.05) is 4.90 Å². The van der Waals surface area contributed by atoms with Gasteiger partial charge in [0.05, 0.1) is 5.56 Å². The highest BCUT2D eigenvalue weighted by molar-refractivity contribution is 9.10. The maximum absolute atomic E-state index is 12.4. The number of carbonyl (C=O) groups excluding carboxylic acids is 1. The lowest BCUT2D eigenvalue weighted by Crippen LogP contribution is -2.38. The molecule has 1 aromatic rings. The maximum Gasteiger partial charge on any atom is 0.255 e. The number of hydrogen-bond acceptors (Lipinski definition) is 3. The molecule has 0 atom stereocenters. The number of rotatable bonds is 2. The average molecular weight is 312 g/mol. The van der Waals surface area contributed by atoms with Crippen molar-refractivity contribution in [2.75, 3.05) is 18.8 Å². The van der Waals surface area contributed by atoms with E-state index in [-0.39, 0.29) is 5.91 Å². The molecule has 4 nitrogen and oxygen atoms in total. The third kappa shape index (κ3) is 2.83. The summed E-state index contributed by atoms with van der Waals surface area (Å²) >= 11 is 3.36. The minimum absolute atomic E-state index is 0.0468. The molecule has 0 radical (unpaired) electrons. The number of hydrogen-bond donors (Lipinski definition) is 1. The van der Waals surface area contributed by atoms with E-state index in [1.165, 1.54) is 6.42 Å². The van der Waals surface area contributed by atoms with Crippen LogP contribution in [0.5, 0.6) is 0 Å². The number of likely N-dealkylation sites (tertiary alicyclic amines) is 1. The summed E-state index contributed by atoms with van der Waals surface area (Å²) in [6, 6.07) is 1.64. The number of nitrogen functional groups attached to an aromatic ring is 1. The van der Waals surface area contributed by atoms with E-state index in [9.17, 15) is 4.79 Å². The fraction of sp³-hybridized carbons (Fsp3) is 0.538. The van der Waals surface area contributed by atoms with Gasteiger partial charge in [0.25, 0.3) is 5.91 Å². The van der Waals surface area contributed by atoms with Gasteiger partial charge in [0.15, 0.2) is 0 Å². The quantitative estimate of drug-likeness (QED) is 0.913. The van der Waals surface area contributed by atoms with Crippen molar-refractivity contribution in [3.8, 4) is 0 Å². The van der Waals surface area contributed by atoms with Gasteiger partial charge in [-0.2, -0.15) is 0 Å². The monoisotopic (exact) mass is 311 g/mol. The van der Waals surface area contributed by atoms with Gasteiger partial charge in [-0.05, 0) is 40.8 Å². The normalized spacial score (nSPS) is 16.9. The lowest BCUT2D eigenvalue weighted by molar-refractivity contribution is 0.0688. The predicted octanol–water partition coefficient (Wildman–Crippen LogP) is 2.69. The Morgan fingerprint density at radius 1 is 1.56 bits per heavy atom. The summed E-state index contributed by atoms with van der Waals surface area (Å²) in [5, 5.41) is 0. The van der Waals surface area contributed by atoms with E-state index in [4.69, 9.17) is 5.73 Å². The van der Waals surface area contributed by atoms with Gasteiger partial charge in [0, 0.05) is 23.8 Å². The van der Waals surface area contributed by atoms with Crippen LogP contribution in [0.15, 0.2) is 16.7 Å². The number of carbonyl (C=O) groups is 1. The van der Waals surface area contributed by atoms with Gasteiger partial charge in [-0.3, -0.25) is 4.79 Å². The minimum Gasteiger partial charge on any atom is -0.384 e. The molecule has 18 heavy (non-hydrogen) atoms. The highest BCUT2D eigenvalue weighted by Crippen LogP contribution is 2.24. The molecule has 1 amide bonds. The second kappa shape index (κ2) is 5.69. The van der Waals surface area contributed by atoms with Gasteiger partial charge in [-0.15, -0.1) is 0 Å². The molecule has 1 saturated heterocycles. The van der Waals surface area contributed by atoms with Crippen molar-refractivity contribution in [3.05, 3.63) is 22.3 Å². The maximum atomic E-state index is 12.4. The summed E-state index contributed by atoms with van der Waals surface area (Å²) in [5.41, 5.74) is 6.24. The lowest BCUT2D eigenvalue weighted by Gasteiger charge is -2.31. The third-order valence-corrected chi connectivity index (χ3v) is 4.22. The Morgan fingerprint density at radius 3 is 2.83 bits per heavy atom. The molecule has 2 N–H and O–H groups in total. The Kier molecular flexibility index (Phi) is 4.22. The third-order valence-electron chi connectivity index (χ3n) is 3.59. The SMILES string of the molecule is CCC1CCN(C(=O)c2cc(N)ncc2Br)CC1. The topological polar surface area (TPSA) is 59.2 Å². The number of pyridine rings is 1. The lowest BCUT2D eigenvalue weighted by atomic mass is 9.94. The molecule has 2 heterocycles. The molecular formula is C13H18BrN3O. The van der Waals surface area contributed by atoms with Crippen molar-refractivity contribution in [1.82, 2.24) is 9.88 Å². The molecule has 98 valence electrons. The predicted molar refractivity (Wildman–Crippen MR) is 75.3 cm³/mol. The summed E-state index contributed by atoms with van der Waals surface area (Å²) in [4.78, 5) is 18.2. The summed E-state index contributed by atoms with van der Waals surface area (Å²) in [5.74, 6) is 1.19. The molecular weight excluding hydrogens is 294 g/mol. The largest absolute Gasteiger partial charge is 0.384 e. The van der Waals surface area contributed by atoms with Crippen molar-refractivity contribution in [3.63, 3.8) is 0 Å². The first kappa shape index (κ1) is 13.3. The Hall–Kier alpha value is -1.10. The van der Waals surface area contributed by atoms with Crippen molar-refractivity contribution in [2.24, 2.45) is 5.92 Å². The first-order chi connectivity index (χ1) is 8.61. The van der Waals surface area contributed by atoms with E-state index < -0.39 is 0 Å². The first-order valence-corrected chi connectivity index (χ1v) is 7.11. The van der Waals surface area contributed by atoms with E-state index >= 15 is 0 Å². The average Bonchev–Trinajstić information content (AvgIpc) is 2.41. The van der Waals surface area contributed by atoms with Crippen LogP contribution in [0.2, 0.25) is 0 Å². The van der Waals surface area contributed by atoms with Crippen molar-refractivity contribution in [2.45, 2.75) is 26.2 Å². The molecule has 1 aliphatic rings. The van der Waals surface area contributed by atoms with Crippen LogP contribution in [-0.4, -0.2) is 28.9 Å². The fourth-order valence-corrected chi connectivity index (χ4v) is 2.72. The summed E-state index contributed by atoms with van der Waals surface area (Å²) < 4.78 is 0.708. The number of halogens is 1. The second-order valence-electron chi connectivity index (χ2n) is 4.73. The number of nitrogens with zero attached hydrogens (tertiary/aromatic N) is 2. The molecule has 2 rings (SSSR count). The molecule has 5 heteroatoms. The number of piperidine rings is 1. The van der Waals surface area contributed by atoms with Gasteiger partial charge >= 0.3 is 0 Å². The summed E-state index contributed by atoms with van der Waals surface area (Å²) in [6.45, 7) is 3.89. The van der Waals surface area contributed by atoms with Crippen molar-refractivity contribution < 1.29 is 4.79 Å². The summed E-state index contributed by atoms with van der Waals surface area (Å²) in [6.07, 6.45) is 4.98. The standard InChI is InChI=1S/C13H18BrN3O/c1-2-9-3-5-17(6-4-9)13(18)10-7-12(15)16-8-11(10)14/h7-9H,2-6H2,1H3,(H2,15,16). The Labute approximate surface area is 116 Å². The molecule has 0 aromatic carbocycles. The Balaban J connectivity index is 2.10. The van der Waals surface area contributed by atoms with Crippen LogP contribution in [0.1, 0.15) is 36.5 Å². The Morgan fingerprint density at radius 2 is 2.22 bits per heavy atom. The molecule has 0 spiro atoms. The van der Waals surface area contributed by atoms with E-state index in [0.717, 1.165) is 31.8 Å². The van der Waals surface area contributed by atoms with Gasteiger partial charge in [0.2, 0.25) is 0 Å². The zero-order chi connectivity index (χ0) is 13.1. The van der Waals surface area contributed by atoms with E-state index in [1.54, 1.807) is 12.3 Å². The van der Waals surface area contributed by atoms with Crippen LogP contribution in [0.4, 0.5) is 5.82 Å². The molecule has 1 aromatic heterocycles. The zero-order valence-electron chi connectivity index (χ0n) is 10.5. The number of anilines is 1. The molecule has 1 aliphatic heterocycles. The van der Waals surface area contributed by atoms with Crippen LogP contribution in [0, 0.1) is 5.92 Å². The van der Waals surface area contributed by atoms with Gasteiger partial charge < -0.3 is 10.6 Å². The van der Waals surface area contributed by atoms with Gasteiger partial charge in [-0.1, -0.05) is 13.3 Å². The number of aromatic nitrogens is 1. The van der Waals surface area contributed by atoms with Gasteiger partial charge in [0.1, 0.15) is 5.82 Å². The summed E-state index contributed by atoms with van der Waals surface area (Å²) in [7, 11) is 0.